The number of benzene rings is 1. The van der Waals surface area contributed by atoms with Crippen molar-refractivity contribution in [2.45, 2.75) is 50.6 Å². The summed E-state index contributed by atoms with van der Waals surface area (Å²) in [6.45, 7) is 0.307. The van der Waals surface area contributed by atoms with Crippen molar-refractivity contribution >= 4 is 11.7 Å². The summed E-state index contributed by atoms with van der Waals surface area (Å²) >= 11 is 0. The summed E-state index contributed by atoms with van der Waals surface area (Å²) in [5, 5.41) is 3.41. The number of amides is 1. The van der Waals surface area contributed by atoms with Crippen LogP contribution in [0.15, 0.2) is 54.9 Å². The molecule has 4 heteroatoms. The number of carbonyl (C=O) groups is 2. The molecule has 0 atom stereocenters. The third-order valence-electron chi connectivity index (χ3n) is 6.96. The van der Waals surface area contributed by atoms with Gasteiger partial charge in [0.2, 0.25) is 6.54 Å². The van der Waals surface area contributed by atoms with Gasteiger partial charge in [-0.25, -0.2) is 0 Å². The molecule has 1 N–H and O–H groups in total. The van der Waals surface area contributed by atoms with E-state index in [1.165, 1.54) is 38.5 Å². The van der Waals surface area contributed by atoms with Crippen LogP contribution in [0.2, 0.25) is 0 Å². The van der Waals surface area contributed by atoms with Crippen molar-refractivity contribution in [3.05, 3.63) is 66.0 Å². The molecule has 28 heavy (non-hydrogen) atoms. The zero-order valence-corrected chi connectivity index (χ0v) is 16.1. The Bertz CT molecular complexity index is 853. The minimum Gasteiger partial charge on any atom is -0.345 e. The smallest absolute Gasteiger partial charge is 0.286 e. The molecule has 0 saturated heterocycles. The van der Waals surface area contributed by atoms with Gasteiger partial charge in [-0.3, -0.25) is 9.59 Å². The van der Waals surface area contributed by atoms with E-state index in [0.29, 0.717) is 17.7 Å². The average Bonchev–Trinajstić information content (AvgIpc) is 2.67. The second kappa shape index (κ2) is 6.84. The highest BCUT2D eigenvalue weighted by Gasteiger charge is 2.51. The topological polar surface area (TPSA) is 50.0 Å². The van der Waals surface area contributed by atoms with Crippen molar-refractivity contribution in [1.29, 1.82) is 0 Å². The van der Waals surface area contributed by atoms with Gasteiger partial charge in [0.25, 0.3) is 5.91 Å². The number of hydrogen-bond acceptors (Lipinski definition) is 2. The largest absolute Gasteiger partial charge is 0.345 e. The van der Waals surface area contributed by atoms with E-state index < -0.39 is 0 Å². The van der Waals surface area contributed by atoms with E-state index in [1.54, 1.807) is 12.1 Å². The van der Waals surface area contributed by atoms with Crippen molar-refractivity contribution in [3.8, 4) is 0 Å². The van der Waals surface area contributed by atoms with E-state index in [9.17, 15) is 9.59 Å². The fourth-order valence-corrected chi connectivity index (χ4v) is 6.24. The van der Waals surface area contributed by atoms with Crippen LogP contribution < -0.4 is 9.88 Å². The summed E-state index contributed by atoms with van der Waals surface area (Å²) in [6, 6.07) is 12.9. The summed E-state index contributed by atoms with van der Waals surface area (Å²) in [5.41, 5.74) is 1.37. The van der Waals surface area contributed by atoms with Crippen LogP contribution in [-0.2, 0) is 11.3 Å². The Morgan fingerprint density at radius 1 is 0.857 bits per heavy atom. The van der Waals surface area contributed by atoms with Gasteiger partial charge in [0, 0.05) is 28.8 Å². The highest BCUT2D eigenvalue weighted by Crippen LogP contribution is 2.55. The van der Waals surface area contributed by atoms with Crippen LogP contribution in [0.1, 0.15) is 54.4 Å². The molecule has 0 radical (unpaired) electrons. The standard InChI is InChI=1S/C24H26N2O2/c27-22(25-24-13-17-10-18(14-24)12-19(11-17)15-24)16-26-8-6-21(7-9-26)23(28)20-4-2-1-3-5-20/h1-9,17-19H,10-16H2/p+1. The average molecular weight is 375 g/mol. The van der Waals surface area contributed by atoms with Crippen LogP contribution >= 0.6 is 0 Å². The highest BCUT2D eigenvalue weighted by atomic mass is 16.2. The molecule has 1 amide bonds. The molecule has 0 spiro atoms. The molecule has 1 aromatic carbocycles. The summed E-state index contributed by atoms with van der Waals surface area (Å²) in [5.74, 6) is 2.56. The Labute approximate surface area is 166 Å². The Morgan fingerprint density at radius 3 is 1.96 bits per heavy atom. The number of ketones is 1. The molecular weight excluding hydrogens is 348 g/mol. The van der Waals surface area contributed by atoms with Gasteiger partial charge in [-0.2, -0.15) is 4.57 Å². The molecule has 4 fully saturated rings. The van der Waals surface area contributed by atoms with Gasteiger partial charge in [0.1, 0.15) is 0 Å². The molecule has 2 aromatic rings. The number of pyridine rings is 1. The molecular formula is C24H27N2O2+. The quantitative estimate of drug-likeness (QED) is 0.644. The fourth-order valence-electron chi connectivity index (χ4n) is 6.24. The van der Waals surface area contributed by atoms with Gasteiger partial charge in [0.05, 0.1) is 0 Å². The maximum absolute atomic E-state index is 12.7. The molecule has 4 bridgehead atoms. The lowest BCUT2D eigenvalue weighted by Gasteiger charge is -2.56. The van der Waals surface area contributed by atoms with Crippen LogP contribution in [0.25, 0.3) is 0 Å². The summed E-state index contributed by atoms with van der Waals surface area (Å²) in [6.07, 6.45) is 11.3. The molecule has 4 saturated carbocycles. The first-order valence-corrected chi connectivity index (χ1v) is 10.5. The van der Waals surface area contributed by atoms with E-state index in [4.69, 9.17) is 0 Å². The Morgan fingerprint density at radius 2 is 1.39 bits per heavy atom. The number of rotatable bonds is 5. The van der Waals surface area contributed by atoms with E-state index in [0.717, 1.165) is 17.8 Å². The van der Waals surface area contributed by atoms with Crippen molar-refractivity contribution in [2.24, 2.45) is 17.8 Å². The third-order valence-corrected chi connectivity index (χ3v) is 6.96. The number of carbonyl (C=O) groups excluding carboxylic acids is 2. The van der Waals surface area contributed by atoms with Crippen LogP contribution in [0.4, 0.5) is 0 Å². The van der Waals surface area contributed by atoms with E-state index in [2.05, 4.69) is 5.32 Å². The first-order valence-electron chi connectivity index (χ1n) is 10.5. The van der Waals surface area contributed by atoms with E-state index >= 15 is 0 Å². The monoisotopic (exact) mass is 375 g/mol. The molecule has 144 valence electrons. The second-order valence-electron chi connectivity index (χ2n) is 9.20. The molecule has 6 rings (SSSR count). The predicted molar refractivity (Wildman–Crippen MR) is 106 cm³/mol. The summed E-state index contributed by atoms with van der Waals surface area (Å²) in [4.78, 5) is 25.2. The second-order valence-corrected chi connectivity index (χ2v) is 9.20. The number of aromatic nitrogens is 1. The Hall–Kier alpha value is -2.49. The minimum atomic E-state index is 0.00534. The molecule has 4 nitrogen and oxygen atoms in total. The SMILES string of the molecule is O=C(C[n+]1ccc(C(=O)c2ccccc2)cc1)NC12CC3CC(CC(C3)C1)C2. The molecule has 1 heterocycles. The molecule has 0 aliphatic heterocycles. The minimum absolute atomic E-state index is 0.00534. The lowest BCUT2D eigenvalue weighted by Crippen LogP contribution is -2.61. The van der Waals surface area contributed by atoms with Crippen molar-refractivity contribution < 1.29 is 14.2 Å². The van der Waals surface area contributed by atoms with Crippen molar-refractivity contribution in [2.75, 3.05) is 0 Å². The lowest BCUT2D eigenvalue weighted by molar-refractivity contribution is -0.684. The van der Waals surface area contributed by atoms with Crippen LogP contribution in [0.3, 0.4) is 0 Å². The van der Waals surface area contributed by atoms with Crippen LogP contribution in [0.5, 0.6) is 0 Å². The molecule has 4 aliphatic rings. The first-order chi connectivity index (χ1) is 13.6. The van der Waals surface area contributed by atoms with Crippen molar-refractivity contribution in [1.82, 2.24) is 5.32 Å². The van der Waals surface area contributed by atoms with Crippen LogP contribution in [-0.4, -0.2) is 17.2 Å². The van der Waals surface area contributed by atoms with E-state index in [-0.39, 0.29) is 17.2 Å². The molecule has 4 aliphatic carbocycles. The normalized spacial score (nSPS) is 30.2. The fraction of sp³-hybridized carbons (Fsp3) is 0.458. The first kappa shape index (κ1) is 17.6. The summed E-state index contributed by atoms with van der Waals surface area (Å²) in [7, 11) is 0. The van der Waals surface area contributed by atoms with Crippen molar-refractivity contribution in [3.63, 3.8) is 0 Å². The number of nitrogens with zero attached hydrogens (tertiary/aromatic N) is 1. The summed E-state index contributed by atoms with van der Waals surface area (Å²) < 4.78 is 1.86. The number of nitrogens with one attached hydrogen (secondary N) is 1. The van der Waals surface area contributed by atoms with Gasteiger partial charge >= 0.3 is 0 Å². The van der Waals surface area contributed by atoms with Gasteiger partial charge in [-0.1, -0.05) is 30.3 Å². The predicted octanol–water partition coefficient (Wildman–Crippen LogP) is 3.29. The van der Waals surface area contributed by atoms with Gasteiger partial charge in [-0.15, -0.1) is 0 Å². The maximum atomic E-state index is 12.7. The van der Waals surface area contributed by atoms with E-state index in [1.807, 2.05) is 47.3 Å². The Kier molecular flexibility index (Phi) is 4.30. The zero-order valence-electron chi connectivity index (χ0n) is 16.1. The molecule has 1 aromatic heterocycles. The van der Waals surface area contributed by atoms with Gasteiger partial charge in [-0.05, 0) is 56.3 Å². The zero-order chi connectivity index (χ0) is 19.1. The Balaban J connectivity index is 1.23. The van der Waals surface area contributed by atoms with Crippen LogP contribution in [0, 0.1) is 17.8 Å². The lowest BCUT2D eigenvalue weighted by atomic mass is 9.53. The maximum Gasteiger partial charge on any atom is 0.286 e. The third kappa shape index (κ3) is 3.36. The van der Waals surface area contributed by atoms with Gasteiger partial charge in [0.15, 0.2) is 18.2 Å². The number of hydrogen-bond donors (Lipinski definition) is 1. The highest BCUT2D eigenvalue weighted by molar-refractivity contribution is 6.08. The van der Waals surface area contributed by atoms with Gasteiger partial charge < -0.3 is 5.32 Å². The molecule has 0 unspecified atom stereocenters.